The van der Waals surface area contributed by atoms with Crippen molar-refractivity contribution < 1.29 is 0 Å². The van der Waals surface area contributed by atoms with E-state index >= 15 is 0 Å². The summed E-state index contributed by atoms with van der Waals surface area (Å²) in [6.45, 7) is 2.61. The standard InChI is InChI=1S/C10H12N2/c1-9(7-11)12-8-10-5-3-2-4-6-10/h2-6,9,12H,8H2,1H3/t9-/m0/s1. The summed E-state index contributed by atoms with van der Waals surface area (Å²) in [5.74, 6) is 0. The number of hydrogen-bond acceptors (Lipinski definition) is 2. The zero-order chi connectivity index (χ0) is 8.81. The van der Waals surface area contributed by atoms with E-state index in [1.165, 1.54) is 5.56 Å². The van der Waals surface area contributed by atoms with E-state index < -0.39 is 0 Å². The molecule has 2 nitrogen and oxygen atoms in total. The average molecular weight is 160 g/mol. The first kappa shape index (κ1) is 8.76. The zero-order valence-electron chi connectivity index (χ0n) is 7.12. The van der Waals surface area contributed by atoms with E-state index in [4.69, 9.17) is 5.26 Å². The number of hydrogen-bond donors (Lipinski definition) is 1. The van der Waals surface area contributed by atoms with Gasteiger partial charge in [-0.05, 0) is 12.5 Å². The molecule has 0 amide bonds. The highest BCUT2D eigenvalue weighted by Gasteiger charge is 1.96. The molecule has 0 saturated carbocycles. The fraction of sp³-hybridized carbons (Fsp3) is 0.300. The van der Waals surface area contributed by atoms with Crippen LogP contribution < -0.4 is 5.32 Å². The van der Waals surface area contributed by atoms with Gasteiger partial charge < -0.3 is 0 Å². The fourth-order valence-electron chi connectivity index (χ4n) is 0.912. The van der Waals surface area contributed by atoms with Crippen molar-refractivity contribution in [1.82, 2.24) is 5.32 Å². The lowest BCUT2D eigenvalue weighted by Crippen LogP contribution is -2.23. The van der Waals surface area contributed by atoms with Crippen molar-refractivity contribution in [2.24, 2.45) is 0 Å². The molecule has 0 aliphatic carbocycles. The molecule has 62 valence electrons. The van der Waals surface area contributed by atoms with Gasteiger partial charge in [-0.2, -0.15) is 5.26 Å². The minimum atomic E-state index is -0.0785. The highest BCUT2D eigenvalue weighted by atomic mass is 14.9. The Morgan fingerprint density at radius 1 is 1.42 bits per heavy atom. The Kier molecular flexibility index (Phi) is 3.31. The average Bonchev–Trinajstić information content (AvgIpc) is 2.16. The van der Waals surface area contributed by atoms with E-state index in [0.717, 1.165) is 6.54 Å². The lowest BCUT2D eigenvalue weighted by atomic mass is 10.2. The molecule has 1 aromatic rings. The summed E-state index contributed by atoms with van der Waals surface area (Å²) in [6.07, 6.45) is 0. The smallest absolute Gasteiger partial charge is 0.0927 e. The Bertz CT molecular complexity index is 261. The topological polar surface area (TPSA) is 35.8 Å². The van der Waals surface area contributed by atoms with Gasteiger partial charge in [0.15, 0.2) is 0 Å². The van der Waals surface area contributed by atoms with Crippen molar-refractivity contribution >= 4 is 0 Å². The van der Waals surface area contributed by atoms with E-state index in [1.54, 1.807) is 0 Å². The summed E-state index contributed by atoms with van der Waals surface area (Å²) in [7, 11) is 0. The molecular formula is C10H12N2. The summed E-state index contributed by atoms with van der Waals surface area (Å²) in [6, 6.07) is 12.1. The Hall–Kier alpha value is -1.33. The number of benzene rings is 1. The van der Waals surface area contributed by atoms with Gasteiger partial charge in [0.1, 0.15) is 0 Å². The third kappa shape index (κ3) is 2.73. The first-order valence-corrected chi connectivity index (χ1v) is 4.00. The molecule has 0 bridgehead atoms. The number of rotatable bonds is 3. The van der Waals surface area contributed by atoms with E-state index in [9.17, 15) is 0 Å². The van der Waals surface area contributed by atoms with E-state index in [2.05, 4.69) is 11.4 Å². The van der Waals surface area contributed by atoms with Gasteiger partial charge in [0, 0.05) is 6.54 Å². The van der Waals surface area contributed by atoms with E-state index in [1.807, 2.05) is 37.3 Å². The SMILES string of the molecule is C[C@@H](C#N)NCc1ccccc1. The monoisotopic (exact) mass is 160 g/mol. The summed E-state index contributed by atoms with van der Waals surface area (Å²) in [4.78, 5) is 0. The van der Waals surface area contributed by atoms with E-state index in [0.29, 0.717) is 0 Å². The molecule has 1 rings (SSSR count). The summed E-state index contributed by atoms with van der Waals surface area (Å²) in [5.41, 5.74) is 1.21. The molecule has 0 saturated heterocycles. The van der Waals surface area contributed by atoms with Crippen LogP contribution in [-0.2, 0) is 6.54 Å². The van der Waals surface area contributed by atoms with Crippen LogP contribution in [0.4, 0.5) is 0 Å². The van der Waals surface area contributed by atoms with Crippen LogP contribution in [0.15, 0.2) is 30.3 Å². The summed E-state index contributed by atoms with van der Waals surface area (Å²) < 4.78 is 0. The van der Waals surface area contributed by atoms with Gasteiger partial charge in [0.2, 0.25) is 0 Å². The third-order valence-corrected chi connectivity index (χ3v) is 1.65. The quantitative estimate of drug-likeness (QED) is 0.730. The molecule has 2 heteroatoms. The van der Waals surface area contributed by atoms with Gasteiger partial charge in [-0.25, -0.2) is 0 Å². The summed E-state index contributed by atoms with van der Waals surface area (Å²) in [5, 5.41) is 11.6. The molecule has 1 aromatic carbocycles. The van der Waals surface area contributed by atoms with Crippen molar-refractivity contribution in [3.05, 3.63) is 35.9 Å². The first-order chi connectivity index (χ1) is 5.83. The molecule has 12 heavy (non-hydrogen) atoms. The predicted molar refractivity (Wildman–Crippen MR) is 48.4 cm³/mol. The maximum Gasteiger partial charge on any atom is 0.0927 e. The molecule has 0 unspecified atom stereocenters. The molecule has 0 heterocycles. The van der Waals surface area contributed by atoms with Gasteiger partial charge in [0.05, 0.1) is 12.1 Å². The van der Waals surface area contributed by atoms with Gasteiger partial charge in [0.25, 0.3) is 0 Å². The molecule has 0 aliphatic heterocycles. The van der Waals surface area contributed by atoms with Gasteiger partial charge in [-0.3, -0.25) is 5.32 Å². The van der Waals surface area contributed by atoms with Crippen LogP contribution in [0.3, 0.4) is 0 Å². The van der Waals surface area contributed by atoms with Crippen LogP contribution in [0.1, 0.15) is 12.5 Å². The fourth-order valence-corrected chi connectivity index (χ4v) is 0.912. The maximum atomic E-state index is 8.50. The molecule has 1 N–H and O–H groups in total. The Labute approximate surface area is 72.8 Å². The third-order valence-electron chi connectivity index (χ3n) is 1.65. The molecule has 0 radical (unpaired) electrons. The normalized spacial score (nSPS) is 12.0. The van der Waals surface area contributed by atoms with Crippen LogP contribution in [0.25, 0.3) is 0 Å². The number of nitrogens with one attached hydrogen (secondary N) is 1. The molecule has 0 aliphatic rings. The molecule has 0 spiro atoms. The maximum absolute atomic E-state index is 8.50. The van der Waals surface area contributed by atoms with Gasteiger partial charge in [-0.15, -0.1) is 0 Å². The van der Waals surface area contributed by atoms with Crippen LogP contribution in [0.2, 0.25) is 0 Å². The number of nitrogens with zero attached hydrogens (tertiary/aromatic N) is 1. The molecular weight excluding hydrogens is 148 g/mol. The largest absolute Gasteiger partial charge is 0.298 e. The van der Waals surface area contributed by atoms with Crippen molar-refractivity contribution in [2.45, 2.75) is 19.5 Å². The van der Waals surface area contributed by atoms with Crippen molar-refractivity contribution in [3.63, 3.8) is 0 Å². The lowest BCUT2D eigenvalue weighted by molar-refractivity contribution is 0.642. The van der Waals surface area contributed by atoms with Crippen LogP contribution in [0.5, 0.6) is 0 Å². The highest BCUT2D eigenvalue weighted by molar-refractivity contribution is 5.14. The highest BCUT2D eigenvalue weighted by Crippen LogP contribution is 1.97. The Morgan fingerprint density at radius 2 is 2.08 bits per heavy atom. The van der Waals surface area contributed by atoms with Gasteiger partial charge >= 0.3 is 0 Å². The van der Waals surface area contributed by atoms with Gasteiger partial charge in [-0.1, -0.05) is 30.3 Å². The summed E-state index contributed by atoms with van der Waals surface area (Å²) >= 11 is 0. The molecule has 0 fully saturated rings. The van der Waals surface area contributed by atoms with E-state index in [-0.39, 0.29) is 6.04 Å². The zero-order valence-corrected chi connectivity index (χ0v) is 7.12. The first-order valence-electron chi connectivity index (χ1n) is 4.00. The van der Waals surface area contributed by atoms with Crippen LogP contribution in [0, 0.1) is 11.3 Å². The molecule has 0 aromatic heterocycles. The minimum Gasteiger partial charge on any atom is -0.298 e. The van der Waals surface area contributed by atoms with Crippen LogP contribution in [-0.4, -0.2) is 6.04 Å². The Balaban J connectivity index is 2.40. The second-order valence-corrected chi connectivity index (χ2v) is 2.72. The van der Waals surface area contributed by atoms with Crippen molar-refractivity contribution in [1.29, 1.82) is 5.26 Å². The predicted octanol–water partition coefficient (Wildman–Crippen LogP) is 1.69. The number of nitriles is 1. The minimum absolute atomic E-state index is 0.0785. The Morgan fingerprint density at radius 3 is 2.67 bits per heavy atom. The van der Waals surface area contributed by atoms with Crippen LogP contribution >= 0.6 is 0 Å². The lowest BCUT2D eigenvalue weighted by Gasteiger charge is -2.04. The van der Waals surface area contributed by atoms with Crippen molar-refractivity contribution in [3.8, 4) is 6.07 Å². The van der Waals surface area contributed by atoms with Crippen molar-refractivity contribution in [2.75, 3.05) is 0 Å². The molecule has 1 atom stereocenters. The second-order valence-electron chi connectivity index (χ2n) is 2.72. The second kappa shape index (κ2) is 4.53.